The van der Waals surface area contributed by atoms with Crippen molar-refractivity contribution < 1.29 is 9.53 Å². The maximum Gasteiger partial charge on any atom is 0.321 e. The number of carbonyl (C=O) groups excluding carboxylic acids is 1. The van der Waals surface area contributed by atoms with E-state index in [1.54, 1.807) is 7.11 Å². The molecule has 3 aromatic rings. The van der Waals surface area contributed by atoms with Crippen molar-refractivity contribution in [3.05, 3.63) is 65.7 Å². The fourth-order valence-corrected chi connectivity index (χ4v) is 3.88. The Kier molecular flexibility index (Phi) is 6.02. The quantitative estimate of drug-likeness (QED) is 0.691. The van der Waals surface area contributed by atoms with Crippen LogP contribution in [0.25, 0.3) is 11.3 Å². The van der Waals surface area contributed by atoms with Crippen molar-refractivity contribution in [1.29, 1.82) is 0 Å². The van der Waals surface area contributed by atoms with Crippen LogP contribution in [0, 0.1) is 13.8 Å². The normalized spacial score (nSPS) is 13.8. The van der Waals surface area contributed by atoms with Gasteiger partial charge in [0.05, 0.1) is 12.8 Å². The summed E-state index contributed by atoms with van der Waals surface area (Å²) in [7, 11) is 1.65. The number of ether oxygens (including phenoxy) is 1. The minimum absolute atomic E-state index is 0.0674. The molecule has 0 atom stereocenters. The van der Waals surface area contributed by atoms with E-state index in [4.69, 9.17) is 4.74 Å². The van der Waals surface area contributed by atoms with E-state index in [9.17, 15) is 4.79 Å². The highest BCUT2D eigenvalue weighted by molar-refractivity contribution is 5.89. The van der Waals surface area contributed by atoms with Gasteiger partial charge in [0.15, 0.2) is 5.82 Å². The largest absolute Gasteiger partial charge is 0.496 e. The summed E-state index contributed by atoms with van der Waals surface area (Å²) in [5, 5.41) is 11.8. The molecule has 7 nitrogen and oxygen atoms in total. The number of para-hydroxylation sites is 1. The zero-order valence-corrected chi connectivity index (χ0v) is 18.1. The number of urea groups is 1. The van der Waals surface area contributed by atoms with Gasteiger partial charge in [-0.05, 0) is 61.4 Å². The van der Waals surface area contributed by atoms with Crippen LogP contribution >= 0.6 is 0 Å². The standard InChI is InChI=1S/C24H27N5O2/c1-17-14-18(2)16-19(15-17)25-24(30)29-12-10-28(11-13-29)23-9-8-21(26-27-23)20-6-4-5-7-22(20)31-3/h4-9,14-16H,10-13H2,1-3H3,(H,25,30). The van der Waals surface area contributed by atoms with E-state index in [2.05, 4.69) is 26.5 Å². The van der Waals surface area contributed by atoms with Crippen molar-refractivity contribution in [2.24, 2.45) is 0 Å². The van der Waals surface area contributed by atoms with Crippen molar-refractivity contribution in [3.8, 4) is 17.0 Å². The van der Waals surface area contributed by atoms with E-state index in [0.29, 0.717) is 26.2 Å². The first-order valence-electron chi connectivity index (χ1n) is 10.4. The van der Waals surface area contributed by atoms with Crippen LogP contribution in [0.4, 0.5) is 16.3 Å². The number of carbonyl (C=O) groups is 1. The average molecular weight is 418 g/mol. The van der Waals surface area contributed by atoms with E-state index < -0.39 is 0 Å². The van der Waals surface area contributed by atoms with E-state index in [1.165, 1.54) is 0 Å². The molecule has 2 heterocycles. The number of piperazine rings is 1. The Morgan fingerprint density at radius 3 is 2.29 bits per heavy atom. The van der Waals surface area contributed by atoms with Crippen molar-refractivity contribution in [2.45, 2.75) is 13.8 Å². The number of methoxy groups -OCH3 is 1. The highest BCUT2D eigenvalue weighted by Gasteiger charge is 2.22. The number of hydrogen-bond donors (Lipinski definition) is 1. The first-order chi connectivity index (χ1) is 15.0. The van der Waals surface area contributed by atoms with Gasteiger partial charge in [-0.15, -0.1) is 10.2 Å². The third-order valence-corrected chi connectivity index (χ3v) is 5.40. The van der Waals surface area contributed by atoms with Crippen LogP contribution in [0.3, 0.4) is 0 Å². The molecule has 7 heteroatoms. The van der Waals surface area contributed by atoms with Gasteiger partial charge in [-0.25, -0.2) is 4.79 Å². The average Bonchev–Trinajstić information content (AvgIpc) is 2.78. The third kappa shape index (κ3) is 4.77. The van der Waals surface area contributed by atoms with Crippen LogP contribution in [0.5, 0.6) is 5.75 Å². The Hall–Kier alpha value is -3.61. The summed E-state index contributed by atoms with van der Waals surface area (Å²) in [5.41, 5.74) is 4.79. The Labute approximate surface area is 182 Å². The highest BCUT2D eigenvalue weighted by Crippen LogP contribution is 2.28. The smallest absolute Gasteiger partial charge is 0.321 e. The zero-order chi connectivity index (χ0) is 21.8. The first kappa shape index (κ1) is 20.7. The Morgan fingerprint density at radius 1 is 0.935 bits per heavy atom. The molecule has 1 fully saturated rings. The molecule has 160 valence electrons. The SMILES string of the molecule is COc1ccccc1-c1ccc(N2CCN(C(=O)Nc3cc(C)cc(C)c3)CC2)nn1. The number of hydrogen-bond acceptors (Lipinski definition) is 5. The molecule has 0 spiro atoms. The predicted molar refractivity (Wildman–Crippen MR) is 123 cm³/mol. The lowest BCUT2D eigenvalue weighted by molar-refractivity contribution is 0.208. The van der Waals surface area contributed by atoms with Crippen LogP contribution in [-0.4, -0.2) is 54.4 Å². The van der Waals surface area contributed by atoms with Gasteiger partial charge in [0, 0.05) is 37.4 Å². The number of rotatable bonds is 4. The third-order valence-electron chi connectivity index (χ3n) is 5.40. The summed E-state index contributed by atoms with van der Waals surface area (Å²) in [6.07, 6.45) is 0. The number of aryl methyl sites for hydroxylation is 2. The van der Waals surface area contributed by atoms with E-state index >= 15 is 0 Å². The molecule has 0 saturated carbocycles. The first-order valence-corrected chi connectivity index (χ1v) is 10.4. The number of aromatic nitrogens is 2. The lowest BCUT2D eigenvalue weighted by Crippen LogP contribution is -2.50. The second-order valence-electron chi connectivity index (χ2n) is 7.76. The van der Waals surface area contributed by atoms with Crippen LogP contribution in [0.1, 0.15) is 11.1 Å². The van der Waals surface area contributed by atoms with E-state index in [-0.39, 0.29) is 6.03 Å². The molecule has 1 aliphatic rings. The molecular weight excluding hydrogens is 390 g/mol. The monoisotopic (exact) mass is 417 g/mol. The van der Waals surface area contributed by atoms with Crippen molar-refractivity contribution in [1.82, 2.24) is 15.1 Å². The number of nitrogens with zero attached hydrogens (tertiary/aromatic N) is 4. The second-order valence-corrected chi connectivity index (χ2v) is 7.76. The van der Waals surface area contributed by atoms with Gasteiger partial charge >= 0.3 is 6.03 Å². The molecule has 1 aromatic heterocycles. The molecule has 0 bridgehead atoms. The maximum absolute atomic E-state index is 12.7. The molecule has 0 unspecified atom stereocenters. The Bertz CT molecular complexity index is 1040. The van der Waals surface area contributed by atoms with E-state index in [0.717, 1.165) is 39.6 Å². The Balaban J connectivity index is 1.37. The van der Waals surface area contributed by atoms with Gasteiger partial charge in [0.1, 0.15) is 5.75 Å². The van der Waals surface area contributed by atoms with Crippen molar-refractivity contribution in [3.63, 3.8) is 0 Å². The highest BCUT2D eigenvalue weighted by atomic mass is 16.5. The van der Waals surface area contributed by atoms with Gasteiger partial charge in [0.2, 0.25) is 0 Å². The summed E-state index contributed by atoms with van der Waals surface area (Å²) in [4.78, 5) is 16.6. The van der Waals surface area contributed by atoms with Gasteiger partial charge in [-0.1, -0.05) is 18.2 Å². The molecule has 31 heavy (non-hydrogen) atoms. The van der Waals surface area contributed by atoms with Crippen LogP contribution in [0.15, 0.2) is 54.6 Å². The van der Waals surface area contributed by atoms with Gasteiger partial charge < -0.3 is 19.9 Å². The second kappa shape index (κ2) is 9.04. The molecule has 0 aliphatic carbocycles. The molecule has 4 rings (SSSR count). The Morgan fingerprint density at radius 2 is 1.65 bits per heavy atom. The summed E-state index contributed by atoms with van der Waals surface area (Å²) in [6, 6.07) is 17.7. The fraction of sp³-hybridized carbons (Fsp3) is 0.292. The predicted octanol–water partition coefficient (Wildman–Crippen LogP) is 4.12. The number of benzene rings is 2. The van der Waals surface area contributed by atoms with Crippen LogP contribution in [-0.2, 0) is 0 Å². The lowest BCUT2D eigenvalue weighted by Gasteiger charge is -2.35. The summed E-state index contributed by atoms with van der Waals surface area (Å²) in [5.74, 6) is 1.58. The van der Waals surface area contributed by atoms with Crippen molar-refractivity contribution >= 4 is 17.5 Å². The maximum atomic E-state index is 12.7. The zero-order valence-electron chi connectivity index (χ0n) is 18.1. The molecule has 1 N–H and O–H groups in total. The molecule has 2 aromatic carbocycles. The number of amides is 2. The molecule has 2 amide bonds. The van der Waals surface area contributed by atoms with Crippen LogP contribution in [0.2, 0.25) is 0 Å². The molecule has 1 saturated heterocycles. The minimum atomic E-state index is -0.0674. The minimum Gasteiger partial charge on any atom is -0.496 e. The van der Waals surface area contributed by atoms with Gasteiger partial charge in [-0.3, -0.25) is 0 Å². The summed E-state index contributed by atoms with van der Waals surface area (Å²) >= 11 is 0. The topological polar surface area (TPSA) is 70.6 Å². The van der Waals surface area contributed by atoms with E-state index in [1.807, 2.05) is 67.3 Å². The van der Waals surface area contributed by atoms with Gasteiger partial charge in [0.25, 0.3) is 0 Å². The van der Waals surface area contributed by atoms with Crippen molar-refractivity contribution in [2.75, 3.05) is 43.5 Å². The summed E-state index contributed by atoms with van der Waals surface area (Å²) in [6.45, 7) is 6.74. The summed E-state index contributed by atoms with van der Waals surface area (Å²) < 4.78 is 5.41. The van der Waals surface area contributed by atoms with Crippen LogP contribution < -0.4 is 15.0 Å². The number of nitrogens with one attached hydrogen (secondary N) is 1. The molecule has 0 radical (unpaired) electrons. The lowest BCUT2D eigenvalue weighted by atomic mass is 10.1. The van der Waals surface area contributed by atoms with Gasteiger partial charge in [-0.2, -0.15) is 0 Å². The molecule has 1 aliphatic heterocycles. The fourth-order valence-electron chi connectivity index (χ4n) is 3.88. The molecular formula is C24H27N5O2. The number of anilines is 2.